The van der Waals surface area contributed by atoms with E-state index in [0.717, 1.165) is 32.3 Å². The molecule has 0 aliphatic carbocycles. The van der Waals surface area contributed by atoms with Gasteiger partial charge >= 0.3 is 0 Å². The number of hydrogen-bond acceptors (Lipinski definition) is 3. The molecule has 0 radical (unpaired) electrons. The summed E-state index contributed by atoms with van der Waals surface area (Å²) in [6, 6.07) is 15.6. The Morgan fingerprint density at radius 2 is 1.91 bits per heavy atom. The predicted octanol–water partition coefficient (Wildman–Crippen LogP) is 5.49. The second kappa shape index (κ2) is 6.46. The molecule has 0 aliphatic rings. The van der Waals surface area contributed by atoms with Crippen molar-refractivity contribution in [2.75, 3.05) is 5.43 Å². The molecule has 0 fully saturated rings. The average Bonchev–Trinajstić information content (AvgIpc) is 2.52. The molecule has 1 heterocycles. The summed E-state index contributed by atoms with van der Waals surface area (Å²) in [6.45, 7) is 1.97. The fourth-order valence-corrected chi connectivity index (χ4v) is 2.55. The number of rotatable bonds is 3. The molecule has 0 amide bonds. The van der Waals surface area contributed by atoms with E-state index in [4.69, 9.17) is 11.6 Å². The van der Waals surface area contributed by atoms with E-state index in [9.17, 15) is 0 Å². The molecule has 0 aliphatic heterocycles. The molecule has 0 unspecified atom stereocenters. The summed E-state index contributed by atoms with van der Waals surface area (Å²) in [5.41, 5.74) is 6.83. The van der Waals surface area contributed by atoms with Crippen molar-refractivity contribution in [3.63, 3.8) is 0 Å². The lowest BCUT2D eigenvalue weighted by molar-refractivity contribution is 1.31. The summed E-state index contributed by atoms with van der Waals surface area (Å²) in [5.74, 6) is 0. The molecular weight excluding hydrogens is 362 g/mol. The van der Waals surface area contributed by atoms with Gasteiger partial charge in [0.1, 0.15) is 0 Å². The molecule has 0 saturated carbocycles. The highest BCUT2D eigenvalue weighted by atomic mass is 79.9. The Bertz CT molecular complexity index is 844. The summed E-state index contributed by atoms with van der Waals surface area (Å²) in [4.78, 5) is 4.32. The molecule has 3 nitrogen and oxygen atoms in total. The van der Waals surface area contributed by atoms with Crippen LogP contribution in [0.15, 0.2) is 64.3 Å². The topological polar surface area (TPSA) is 37.3 Å². The van der Waals surface area contributed by atoms with Crippen LogP contribution in [0.4, 0.5) is 5.69 Å². The fourth-order valence-electron chi connectivity index (χ4n) is 2.12. The molecule has 1 N–H and O–H groups in total. The van der Waals surface area contributed by atoms with E-state index < -0.39 is 0 Å². The monoisotopic (exact) mass is 373 g/mol. The van der Waals surface area contributed by atoms with Crippen molar-refractivity contribution < 1.29 is 0 Å². The van der Waals surface area contributed by atoms with Crippen molar-refractivity contribution in [3.05, 3.63) is 69.8 Å². The van der Waals surface area contributed by atoms with E-state index in [2.05, 4.69) is 31.4 Å². The average molecular weight is 375 g/mol. The minimum Gasteiger partial charge on any atom is -0.277 e. The van der Waals surface area contributed by atoms with Gasteiger partial charge in [0, 0.05) is 21.1 Å². The molecule has 0 saturated heterocycles. The number of aromatic nitrogens is 1. The van der Waals surface area contributed by atoms with Gasteiger partial charge in [0.05, 0.1) is 16.9 Å². The van der Waals surface area contributed by atoms with Gasteiger partial charge in [0.15, 0.2) is 0 Å². The highest BCUT2D eigenvalue weighted by Crippen LogP contribution is 2.24. The number of anilines is 1. The molecule has 3 rings (SSSR count). The highest BCUT2D eigenvalue weighted by Gasteiger charge is 2.03. The van der Waals surface area contributed by atoms with Crippen LogP contribution >= 0.6 is 27.5 Å². The second-order valence-electron chi connectivity index (χ2n) is 4.84. The molecule has 0 spiro atoms. The van der Waals surface area contributed by atoms with E-state index in [-0.39, 0.29) is 0 Å². The van der Waals surface area contributed by atoms with Crippen molar-refractivity contribution in [1.29, 1.82) is 0 Å². The van der Waals surface area contributed by atoms with Crippen molar-refractivity contribution in [1.82, 2.24) is 4.98 Å². The van der Waals surface area contributed by atoms with Crippen LogP contribution in [0.25, 0.3) is 10.9 Å². The Kier molecular flexibility index (Phi) is 4.41. The van der Waals surface area contributed by atoms with Crippen LogP contribution in [0.2, 0.25) is 5.02 Å². The van der Waals surface area contributed by atoms with Gasteiger partial charge < -0.3 is 0 Å². The van der Waals surface area contributed by atoms with Crippen LogP contribution < -0.4 is 5.43 Å². The van der Waals surface area contributed by atoms with Crippen LogP contribution in [-0.2, 0) is 0 Å². The maximum Gasteiger partial charge on any atom is 0.0738 e. The van der Waals surface area contributed by atoms with E-state index in [1.807, 2.05) is 55.5 Å². The standard InChI is InChI=1S/C17H13BrClN3/c1-11(12-2-4-13(18)5-3-12)21-22-16-8-9-20-17-10-14(19)6-7-15(16)17/h2-10H,1H3,(H,20,22). The van der Waals surface area contributed by atoms with Crippen LogP contribution in [0, 0.1) is 0 Å². The number of pyridine rings is 1. The molecule has 0 bridgehead atoms. The lowest BCUT2D eigenvalue weighted by Crippen LogP contribution is -2.00. The first-order valence-electron chi connectivity index (χ1n) is 6.74. The Balaban J connectivity index is 1.90. The third kappa shape index (κ3) is 3.29. The number of benzene rings is 2. The number of hydrogen-bond donors (Lipinski definition) is 1. The van der Waals surface area contributed by atoms with Gasteiger partial charge in [-0.1, -0.05) is 39.7 Å². The van der Waals surface area contributed by atoms with Gasteiger partial charge in [0.2, 0.25) is 0 Å². The van der Waals surface area contributed by atoms with Gasteiger partial charge in [-0.05, 0) is 48.9 Å². The summed E-state index contributed by atoms with van der Waals surface area (Å²) in [7, 11) is 0. The Labute approximate surface area is 142 Å². The van der Waals surface area contributed by atoms with Gasteiger partial charge in [-0.3, -0.25) is 10.4 Å². The lowest BCUT2D eigenvalue weighted by Gasteiger charge is -2.07. The molecule has 3 aromatic rings. The molecular formula is C17H13BrClN3. The Morgan fingerprint density at radius 1 is 1.14 bits per heavy atom. The fraction of sp³-hybridized carbons (Fsp3) is 0.0588. The van der Waals surface area contributed by atoms with Gasteiger partial charge in [-0.2, -0.15) is 5.10 Å². The van der Waals surface area contributed by atoms with Crippen LogP contribution in [-0.4, -0.2) is 10.7 Å². The maximum absolute atomic E-state index is 6.00. The number of nitrogens with zero attached hydrogens (tertiary/aromatic N) is 2. The normalized spacial score (nSPS) is 11.7. The third-order valence-corrected chi connectivity index (χ3v) is 4.07. The summed E-state index contributed by atoms with van der Waals surface area (Å²) in [5, 5.41) is 6.12. The van der Waals surface area contributed by atoms with Crippen molar-refractivity contribution in [3.8, 4) is 0 Å². The lowest BCUT2D eigenvalue weighted by atomic mass is 10.1. The number of fused-ring (bicyclic) bond motifs is 1. The van der Waals surface area contributed by atoms with E-state index >= 15 is 0 Å². The minimum absolute atomic E-state index is 0.673. The summed E-state index contributed by atoms with van der Waals surface area (Å²) in [6.07, 6.45) is 1.74. The maximum atomic E-state index is 6.00. The third-order valence-electron chi connectivity index (χ3n) is 3.31. The number of halogens is 2. The van der Waals surface area contributed by atoms with Crippen LogP contribution in [0.3, 0.4) is 0 Å². The predicted molar refractivity (Wildman–Crippen MR) is 96.7 cm³/mol. The van der Waals surface area contributed by atoms with Crippen molar-refractivity contribution in [2.45, 2.75) is 6.92 Å². The molecule has 110 valence electrons. The molecule has 0 atom stereocenters. The van der Waals surface area contributed by atoms with Crippen molar-refractivity contribution >= 4 is 49.8 Å². The zero-order chi connectivity index (χ0) is 15.5. The van der Waals surface area contributed by atoms with Gasteiger partial charge in [-0.15, -0.1) is 0 Å². The SMILES string of the molecule is CC(=NNc1ccnc2cc(Cl)ccc12)c1ccc(Br)cc1. The van der Waals surface area contributed by atoms with Crippen molar-refractivity contribution in [2.24, 2.45) is 5.10 Å². The first kappa shape index (κ1) is 15.0. The van der Waals surface area contributed by atoms with Crippen LogP contribution in [0.1, 0.15) is 12.5 Å². The number of hydrazone groups is 1. The largest absolute Gasteiger partial charge is 0.277 e. The van der Waals surface area contributed by atoms with E-state index in [1.165, 1.54) is 0 Å². The number of nitrogens with one attached hydrogen (secondary N) is 1. The second-order valence-corrected chi connectivity index (χ2v) is 6.19. The Morgan fingerprint density at radius 3 is 2.68 bits per heavy atom. The van der Waals surface area contributed by atoms with E-state index in [1.54, 1.807) is 6.20 Å². The first-order valence-corrected chi connectivity index (χ1v) is 7.91. The Hall–Kier alpha value is -1.91. The zero-order valence-electron chi connectivity index (χ0n) is 11.8. The summed E-state index contributed by atoms with van der Waals surface area (Å²) < 4.78 is 1.05. The molecule has 2 aromatic carbocycles. The van der Waals surface area contributed by atoms with Gasteiger partial charge in [0.25, 0.3) is 0 Å². The zero-order valence-corrected chi connectivity index (χ0v) is 14.2. The van der Waals surface area contributed by atoms with Gasteiger partial charge in [-0.25, -0.2) is 0 Å². The minimum atomic E-state index is 0.673. The quantitative estimate of drug-likeness (QED) is 0.486. The summed E-state index contributed by atoms with van der Waals surface area (Å²) >= 11 is 9.43. The first-order chi connectivity index (χ1) is 10.6. The highest BCUT2D eigenvalue weighted by molar-refractivity contribution is 9.10. The van der Waals surface area contributed by atoms with Crippen LogP contribution in [0.5, 0.6) is 0 Å². The molecule has 5 heteroatoms. The smallest absolute Gasteiger partial charge is 0.0738 e. The van der Waals surface area contributed by atoms with E-state index in [0.29, 0.717) is 5.02 Å². The molecule has 22 heavy (non-hydrogen) atoms. The molecule has 1 aromatic heterocycles.